The summed E-state index contributed by atoms with van der Waals surface area (Å²) in [5.74, 6) is 0.673. The summed E-state index contributed by atoms with van der Waals surface area (Å²) in [6.07, 6.45) is 0.781. The Morgan fingerprint density at radius 2 is 1.84 bits per heavy atom. The van der Waals surface area contributed by atoms with Crippen LogP contribution in [0.2, 0.25) is 0 Å². The van der Waals surface area contributed by atoms with Gasteiger partial charge in [-0.1, -0.05) is 0 Å². The van der Waals surface area contributed by atoms with E-state index in [9.17, 15) is 9.59 Å². The number of Topliss-reactive ketones (excluding diaryl/α,β-unsaturated/α-hetero) is 1. The molecular weight excluding hydrogens is 246 g/mol. The highest BCUT2D eigenvalue weighted by Gasteiger charge is 2.30. The normalized spacial score (nSPS) is 17.6. The highest BCUT2D eigenvalue weighted by molar-refractivity contribution is 6.02. The van der Waals surface area contributed by atoms with Gasteiger partial charge < -0.3 is 14.8 Å². The van der Waals surface area contributed by atoms with Gasteiger partial charge in [-0.25, -0.2) is 0 Å². The minimum atomic E-state index is -0.303. The van der Waals surface area contributed by atoms with E-state index in [1.54, 1.807) is 26.3 Å². The van der Waals surface area contributed by atoms with E-state index in [2.05, 4.69) is 5.32 Å². The maximum absolute atomic E-state index is 12.1. The van der Waals surface area contributed by atoms with E-state index in [4.69, 9.17) is 9.47 Å². The molecule has 1 aromatic carbocycles. The van der Waals surface area contributed by atoms with Crippen molar-refractivity contribution in [1.29, 1.82) is 0 Å². The van der Waals surface area contributed by atoms with Crippen molar-refractivity contribution in [3.8, 4) is 11.5 Å². The minimum absolute atomic E-state index is 0.0317. The van der Waals surface area contributed by atoms with E-state index in [1.807, 2.05) is 0 Å². The molecule has 102 valence electrons. The Labute approximate surface area is 111 Å². The number of hydrogen-bond acceptors (Lipinski definition) is 4. The number of methoxy groups -OCH3 is 2. The largest absolute Gasteiger partial charge is 0.493 e. The summed E-state index contributed by atoms with van der Waals surface area (Å²) in [5, 5.41) is 2.59. The lowest BCUT2D eigenvalue weighted by Crippen LogP contribution is -2.33. The van der Waals surface area contributed by atoms with Crippen LogP contribution in [0.15, 0.2) is 12.1 Å². The first-order chi connectivity index (χ1) is 9.10. The van der Waals surface area contributed by atoms with Gasteiger partial charge in [-0.05, 0) is 24.1 Å². The molecule has 0 radical (unpaired) electrons. The summed E-state index contributed by atoms with van der Waals surface area (Å²) < 4.78 is 10.4. The van der Waals surface area contributed by atoms with Crippen LogP contribution in [0.4, 0.5) is 0 Å². The Morgan fingerprint density at radius 3 is 2.42 bits per heavy atom. The molecule has 0 spiro atoms. The number of ketones is 1. The van der Waals surface area contributed by atoms with Gasteiger partial charge in [-0.2, -0.15) is 0 Å². The third-order valence-corrected chi connectivity index (χ3v) is 3.43. The lowest BCUT2D eigenvalue weighted by Gasteiger charge is -2.23. The van der Waals surface area contributed by atoms with Gasteiger partial charge in [0.25, 0.3) is 0 Å². The summed E-state index contributed by atoms with van der Waals surface area (Å²) in [4.78, 5) is 23.8. The first-order valence-electron chi connectivity index (χ1n) is 6.10. The van der Waals surface area contributed by atoms with Gasteiger partial charge in [0, 0.05) is 24.9 Å². The number of benzene rings is 1. The zero-order valence-electron chi connectivity index (χ0n) is 11.3. The second-order valence-corrected chi connectivity index (χ2v) is 4.51. The number of rotatable bonds is 3. The maximum Gasteiger partial charge on any atom is 0.223 e. The second-order valence-electron chi connectivity index (χ2n) is 4.51. The fourth-order valence-corrected chi connectivity index (χ4v) is 2.41. The number of amides is 1. The molecule has 1 aliphatic rings. The summed E-state index contributed by atoms with van der Waals surface area (Å²) in [7, 11) is 4.66. The van der Waals surface area contributed by atoms with Crippen molar-refractivity contribution in [2.75, 3.05) is 21.3 Å². The lowest BCUT2D eigenvalue weighted by atomic mass is 9.82. The van der Waals surface area contributed by atoms with Crippen molar-refractivity contribution in [3.63, 3.8) is 0 Å². The van der Waals surface area contributed by atoms with Crippen LogP contribution in [0.5, 0.6) is 11.5 Å². The Morgan fingerprint density at radius 1 is 1.21 bits per heavy atom. The van der Waals surface area contributed by atoms with Crippen LogP contribution in [0.25, 0.3) is 0 Å². The molecule has 2 rings (SSSR count). The number of carbonyl (C=O) groups excluding carboxylic acids is 2. The number of hydrogen-bond donors (Lipinski definition) is 1. The van der Waals surface area contributed by atoms with Crippen molar-refractivity contribution in [3.05, 3.63) is 23.3 Å². The SMILES string of the molecule is CNC(=O)C1CC(=O)c2cc(OC)c(OC)cc2C1. The predicted molar refractivity (Wildman–Crippen MR) is 69.8 cm³/mol. The van der Waals surface area contributed by atoms with E-state index in [1.165, 1.54) is 7.11 Å². The molecule has 1 atom stereocenters. The second kappa shape index (κ2) is 5.30. The van der Waals surface area contributed by atoms with Gasteiger partial charge in [0.2, 0.25) is 5.91 Å². The van der Waals surface area contributed by atoms with Crippen LogP contribution < -0.4 is 14.8 Å². The lowest BCUT2D eigenvalue weighted by molar-refractivity contribution is -0.124. The standard InChI is InChI=1S/C14H17NO4/c1-15-14(17)9-4-8-6-12(18-2)13(19-3)7-10(8)11(16)5-9/h6-7,9H,4-5H2,1-3H3,(H,15,17). The molecular formula is C14H17NO4. The van der Waals surface area contributed by atoms with Gasteiger partial charge in [0.05, 0.1) is 14.2 Å². The van der Waals surface area contributed by atoms with E-state index in [0.717, 1.165) is 5.56 Å². The highest BCUT2D eigenvalue weighted by Crippen LogP contribution is 2.35. The van der Waals surface area contributed by atoms with Gasteiger partial charge in [0.1, 0.15) is 0 Å². The number of nitrogens with one attached hydrogen (secondary N) is 1. The van der Waals surface area contributed by atoms with Crippen molar-refractivity contribution in [2.45, 2.75) is 12.8 Å². The maximum atomic E-state index is 12.1. The van der Waals surface area contributed by atoms with Crippen LogP contribution in [-0.2, 0) is 11.2 Å². The Bertz CT molecular complexity index is 524. The molecule has 0 bridgehead atoms. The molecule has 0 saturated carbocycles. The summed E-state index contributed by atoms with van der Waals surface area (Å²) in [5.41, 5.74) is 1.46. The van der Waals surface area contributed by atoms with E-state index in [0.29, 0.717) is 23.5 Å². The number of ether oxygens (including phenoxy) is 2. The fraction of sp³-hybridized carbons (Fsp3) is 0.429. The third kappa shape index (κ3) is 2.41. The van der Waals surface area contributed by atoms with Crippen LogP contribution in [0.3, 0.4) is 0 Å². The van der Waals surface area contributed by atoms with E-state index >= 15 is 0 Å². The van der Waals surface area contributed by atoms with Crippen molar-refractivity contribution in [2.24, 2.45) is 5.92 Å². The summed E-state index contributed by atoms with van der Waals surface area (Å²) >= 11 is 0. The highest BCUT2D eigenvalue weighted by atomic mass is 16.5. The molecule has 19 heavy (non-hydrogen) atoms. The monoisotopic (exact) mass is 263 g/mol. The van der Waals surface area contributed by atoms with E-state index < -0.39 is 0 Å². The Hall–Kier alpha value is -2.04. The molecule has 1 unspecified atom stereocenters. The van der Waals surface area contributed by atoms with Crippen LogP contribution >= 0.6 is 0 Å². The fourth-order valence-electron chi connectivity index (χ4n) is 2.41. The smallest absolute Gasteiger partial charge is 0.223 e. The van der Waals surface area contributed by atoms with Crippen molar-refractivity contribution >= 4 is 11.7 Å². The molecule has 1 amide bonds. The Kier molecular flexibility index (Phi) is 3.74. The first-order valence-corrected chi connectivity index (χ1v) is 6.10. The average molecular weight is 263 g/mol. The zero-order chi connectivity index (χ0) is 14.0. The molecule has 0 aromatic heterocycles. The molecule has 0 fully saturated rings. The molecule has 0 heterocycles. The molecule has 1 aliphatic carbocycles. The average Bonchev–Trinajstić information content (AvgIpc) is 2.44. The van der Waals surface area contributed by atoms with Gasteiger partial charge in [-0.3, -0.25) is 9.59 Å². The van der Waals surface area contributed by atoms with Crippen LogP contribution in [-0.4, -0.2) is 33.0 Å². The van der Waals surface area contributed by atoms with Gasteiger partial charge in [-0.15, -0.1) is 0 Å². The molecule has 5 heteroatoms. The topological polar surface area (TPSA) is 64.6 Å². The Balaban J connectivity index is 2.41. The zero-order valence-corrected chi connectivity index (χ0v) is 11.3. The summed E-state index contributed by atoms with van der Waals surface area (Å²) in [6.45, 7) is 0. The van der Waals surface area contributed by atoms with E-state index in [-0.39, 0.29) is 24.0 Å². The molecule has 1 N–H and O–H groups in total. The molecule has 1 aromatic rings. The number of fused-ring (bicyclic) bond motifs is 1. The molecule has 5 nitrogen and oxygen atoms in total. The quantitative estimate of drug-likeness (QED) is 0.889. The molecule has 0 saturated heterocycles. The third-order valence-electron chi connectivity index (χ3n) is 3.43. The number of carbonyl (C=O) groups is 2. The minimum Gasteiger partial charge on any atom is -0.493 e. The summed E-state index contributed by atoms with van der Waals surface area (Å²) in [6, 6.07) is 3.47. The molecule has 0 aliphatic heterocycles. The van der Waals surface area contributed by atoms with Gasteiger partial charge >= 0.3 is 0 Å². The van der Waals surface area contributed by atoms with Crippen molar-refractivity contribution < 1.29 is 19.1 Å². The van der Waals surface area contributed by atoms with Crippen molar-refractivity contribution in [1.82, 2.24) is 5.32 Å². The predicted octanol–water partition coefficient (Wildman–Crippen LogP) is 1.19. The first kappa shape index (κ1) is 13.4. The van der Waals surface area contributed by atoms with Gasteiger partial charge in [0.15, 0.2) is 17.3 Å². The van der Waals surface area contributed by atoms with Crippen LogP contribution in [0.1, 0.15) is 22.3 Å². The van der Waals surface area contributed by atoms with Crippen LogP contribution in [0, 0.1) is 5.92 Å².